The van der Waals surface area contributed by atoms with Crippen molar-refractivity contribution in [1.82, 2.24) is 10.6 Å². The van der Waals surface area contributed by atoms with Crippen LogP contribution >= 0.6 is 23.7 Å². The molecule has 1 fully saturated rings. The molecular formula is C13H21ClN2OS. The Kier molecular flexibility index (Phi) is 5.63. The molecule has 18 heavy (non-hydrogen) atoms. The molecule has 1 aliphatic heterocycles. The second kappa shape index (κ2) is 6.55. The fourth-order valence-corrected chi connectivity index (χ4v) is 2.96. The molecule has 3 nitrogen and oxygen atoms in total. The van der Waals surface area contributed by atoms with E-state index in [1.807, 2.05) is 31.4 Å². The number of thiophene rings is 1. The van der Waals surface area contributed by atoms with E-state index < -0.39 is 5.41 Å². The molecule has 0 saturated carbocycles. The zero-order valence-corrected chi connectivity index (χ0v) is 12.5. The van der Waals surface area contributed by atoms with E-state index >= 15 is 0 Å². The van der Waals surface area contributed by atoms with E-state index in [0.717, 1.165) is 18.0 Å². The minimum absolute atomic E-state index is 0. The maximum atomic E-state index is 12.2. The van der Waals surface area contributed by atoms with Crippen molar-refractivity contribution in [3.8, 4) is 0 Å². The first-order valence-corrected chi connectivity index (χ1v) is 7.04. The SMILES string of the molecule is CC(C)(C(=O)NCC1CCCN1)c1cccs1.Cl. The minimum Gasteiger partial charge on any atom is -0.354 e. The second-order valence-corrected chi connectivity index (χ2v) is 6.05. The van der Waals surface area contributed by atoms with Crippen molar-refractivity contribution in [2.24, 2.45) is 0 Å². The van der Waals surface area contributed by atoms with Crippen LogP contribution in [0.15, 0.2) is 17.5 Å². The predicted molar refractivity (Wildman–Crippen MR) is 78.6 cm³/mol. The summed E-state index contributed by atoms with van der Waals surface area (Å²) in [6.07, 6.45) is 2.38. The van der Waals surface area contributed by atoms with Crippen LogP contribution in [-0.2, 0) is 10.2 Å². The van der Waals surface area contributed by atoms with Gasteiger partial charge in [-0.3, -0.25) is 4.79 Å². The zero-order chi connectivity index (χ0) is 12.3. The number of hydrogen-bond donors (Lipinski definition) is 2. The second-order valence-electron chi connectivity index (χ2n) is 5.11. The van der Waals surface area contributed by atoms with Crippen LogP contribution in [0, 0.1) is 0 Å². The van der Waals surface area contributed by atoms with Gasteiger partial charge in [-0.05, 0) is 44.7 Å². The lowest BCUT2D eigenvalue weighted by molar-refractivity contribution is -0.125. The Balaban J connectivity index is 0.00000162. The number of rotatable bonds is 4. The lowest BCUT2D eigenvalue weighted by atomic mass is 9.90. The van der Waals surface area contributed by atoms with Crippen molar-refractivity contribution in [2.45, 2.75) is 38.1 Å². The van der Waals surface area contributed by atoms with Crippen LogP contribution in [0.25, 0.3) is 0 Å². The van der Waals surface area contributed by atoms with Gasteiger partial charge in [0.05, 0.1) is 5.41 Å². The molecule has 1 aromatic heterocycles. The van der Waals surface area contributed by atoms with Gasteiger partial charge in [-0.25, -0.2) is 0 Å². The summed E-state index contributed by atoms with van der Waals surface area (Å²) in [5.74, 6) is 0.119. The van der Waals surface area contributed by atoms with E-state index in [1.54, 1.807) is 11.3 Å². The first-order valence-electron chi connectivity index (χ1n) is 6.16. The van der Waals surface area contributed by atoms with Crippen LogP contribution < -0.4 is 10.6 Å². The standard InChI is InChI=1S/C13H20N2OS.ClH/c1-13(2,11-6-4-8-17-11)12(16)15-9-10-5-3-7-14-10;/h4,6,8,10,14H,3,5,7,9H2,1-2H3,(H,15,16);1H. The Bertz CT molecular complexity index is 372. The highest BCUT2D eigenvalue weighted by molar-refractivity contribution is 7.10. The molecule has 0 radical (unpaired) electrons. The lowest BCUT2D eigenvalue weighted by Gasteiger charge is -2.23. The van der Waals surface area contributed by atoms with Crippen LogP contribution in [0.3, 0.4) is 0 Å². The van der Waals surface area contributed by atoms with E-state index in [-0.39, 0.29) is 18.3 Å². The van der Waals surface area contributed by atoms with E-state index in [0.29, 0.717) is 6.04 Å². The molecule has 5 heteroatoms. The number of hydrogen-bond acceptors (Lipinski definition) is 3. The first-order chi connectivity index (χ1) is 8.10. The highest BCUT2D eigenvalue weighted by Gasteiger charge is 2.31. The van der Waals surface area contributed by atoms with Gasteiger partial charge in [-0.15, -0.1) is 23.7 Å². The Morgan fingerprint density at radius 2 is 2.39 bits per heavy atom. The molecule has 1 aliphatic rings. The van der Waals surface area contributed by atoms with Gasteiger partial charge in [0.1, 0.15) is 0 Å². The molecule has 0 spiro atoms. The van der Waals surface area contributed by atoms with Gasteiger partial charge in [-0.2, -0.15) is 0 Å². The number of amides is 1. The van der Waals surface area contributed by atoms with Crippen LogP contribution in [0.4, 0.5) is 0 Å². The fraction of sp³-hybridized carbons (Fsp3) is 0.615. The third-order valence-corrected chi connectivity index (χ3v) is 4.57. The molecule has 102 valence electrons. The molecule has 0 aromatic carbocycles. The predicted octanol–water partition coefficient (Wildman–Crippen LogP) is 2.32. The average Bonchev–Trinajstić information content (AvgIpc) is 2.98. The number of halogens is 1. The summed E-state index contributed by atoms with van der Waals surface area (Å²) in [7, 11) is 0. The summed E-state index contributed by atoms with van der Waals surface area (Å²) >= 11 is 1.64. The third-order valence-electron chi connectivity index (χ3n) is 3.38. The van der Waals surface area contributed by atoms with Gasteiger partial charge in [0.15, 0.2) is 0 Å². The van der Waals surface area contributed by atoms with Gasteiger partial charge >= 0.3 is 0 Å². The molecule has 1 aromatic rings. The lowest BCUT2D eigenvalue weighted by Crippen LogP contribution is -2.44. The highest BCUT2D eigenvalue weighted by atomic mass is 35.5. The average molecular weight is 289 g/mol. The van der Waals surface area contributed by atoms with Gasteiger partial charge in [-0.1, -0.05) is 6.07 Å². The number of nitrogens with one attached hydrogen (secondary N) is 2. The fourth-order valence-electron chi connectivity index (χ4n) is 2.11. The first kappa shape index (κ1) is 15.5. The van der Waals surface area contributed by atoms with Gasteiger partial charge in [0.2, 0.25) is 5.91 Å². The molecule has 0 aliphatic carbocycles. The summed E-state index contributed by atoms with van der Waals surface area (Å²) in [6.45, 7) is 5.79. The third kappa shape index (κ3) is 3.46. The van der Waals surface area contributed by atoms with Crippen molar-refractivity contribution < 1.29 is 4.79 Å². The van der Waals surface area contributed by atoms with E-state index in [1.165, 1.54) is 12.8 Å². The molecule has 2 rings (SSSR count). The normalized spacial score (nSPS) is 19.3. The zero-order valence-electron chi connectivity index (χ0n) is 10.9. The highest BCUT2D eigenvalue weighted by Crippen LogP contribution is 2.27. The quantitative estimate of drug-likeness (QED) is 0.893. The van der Waals surface area contributed by atoms with Crippen molar-refractivity contribution in [1.29, 1.82) is 0 Å². The molecule has 1 amide bonds. The van der Waals surface area contributed by atoms with Crippen molar-refractivity contribution >= 4 is 29.7 Å². The van der Waals surface area contributed by atoms with Crippen molar-refractivity contribution in [3.63, 3.8) is 0 Å². The Hall–Kier alpha value is -0.580. The van der Waals surface area contributed by atoms with Crippen molar-refractivity contribution in [3.05, 3.63) is 22.4 Å². The number of carbonyl (C=O) groups excluding carboxylic acids is 1. The van der Waals surface area contributed by atoms with E-state index in [9.17, 15) is 4.79 Å². The summed E-state index contributed by atoms with van der Waals surface area (Å²) in [5, 5.41) is 8.46. The molecule has 0 bridgehead atoms. The Morgan fingerprint density at radius 1 is 1.61 bits per heavy atom. The molecule has 2 N–H and O–H groups in total. The molecule has 1 unspecified atom stereocenters. The molecule has 1 atom stereocenters. The van der Waals surface area contributed by atoms with Gasteiger partial charge in [0, 0.05) is 17.5 Å². The van der Waals surface area contributed by atoms with Gasteiger partial charge in [0.25, 0.3) is 0 Å². The number of carbonyl (C=O) groups is 1. The van der Waals surface area contributed by atoms with Crippen LogP contribution in [0.1, 0.15) is 31.6 Å². The summed E-state index contributed by atoms with van der Waals surface area (Å²) < 4.78 is 0. The molecule has 1 saturated heterocycles. The summed E-state index contributed by atoms with van der Waals surface area (Å²) in [4.78, 5) is 13.3. The molecule has 2 heterocycles. The van der Waals surface area contributed by atoms with E-state index in [2.05, 4.69) is 10.6 Å². The van der Waals surface area contributed by atoms with Gasteiger partial charge < -0.3 is 10.6 Å². The van der Waals surface area contributed by atoms with Crippen molar-refractivity contribution in [2.75, 3.05) is 13.1 Å². The maximum absolute atomic E-state index is 12.2. The topological polar surface area (TPSA) is 41.1 Å². The monoisotopic (exact) mass is 288 g/mol. The minimum atomic E-state index is -0.424. The largest absolute Gasteiger partial charge is 0.354 e. The molecular weight excluding hydrogens is 268 g/mol. The van der Waals surface area contributed by atoms with Crippen LogP contribution in [0.2, 0.25) is 0 Å². The summed E-state index contributed by atoms with van der Waals surface area (Å²) in [5.41, 5.74) is -0.424. The van der Waals surface area contributed by atoms with Crippen LogP contribution in [-0.4, -0.2) is 25.0 Å². The summed E-state index contributed by atoms with van der Waals surface area (Å²) in [6, 6.07) is 4.48. The van der Waals surface area contributed by atoms with E-state index in [4.69, 9.17) is 0 Å². The Morgan fingerprint density at radius 3 is 2.94 bits per heavy atom. The maximum Gasteiger partial charge on any atom is 0.230 e. The Labute approximate surface area is 119 Å². The smallest absolute Gasteiger partial charge is 0.230 e. The van der Waals surface area contributed by atoms with Crippen LogP contribution in [0.5, 0.6) is 0 Å².